The fraction of sp³-hybridized carbons (Fsp3) is 0.562. The van der Waals surface area contributed by atoms with Crippen LogP contribution in [0.4, 0.5) is 0 Å². The molecule has 1 aliphatic rings. The number of ether oxygens (including phenoxy) is 1. The van der Waals surface area contributed by atoms with Crippen molar-refractivity contribution >= 4 is 13.1 Å². The number of carbonyl (C=O) groups excluding carboxylic acids is 1. The lowest BCUT2D eigenvalue weighted by molar-refractivity contribution is -0.140. The van der Waals surface area contributed by atoms with Gasteiger partial charge in [-0.1, -0.05) is 0 Å². The fourth-order valence-corrected chi connectivity index (χ4v) is 2.64. The third-order valence-electron chi connectivity index (χ3n) is 4.71. The Morgan fingerprint density at radius 3 is 2.00 bits per heavy atom. The van der Waals surface area contributed by atoms with E-state index in [4.69, 9.17) is 14.0 Å². The Kier molecular flexibility index (Phi) is 4.74. The van der Waals surface area contributed by atoms with E-state index in [0.717, 1.165) is 12.1 Å². The summed E-state index contributed by atoms with van der Waals surface area (Å²) in [6.45, 7) is 7.44. The molecular formula is C16H23BO7. The van der Waals surface area contributed by atoms with Crippen molar-refractivity contribution in [3.8, 4) is 17.2 Å². The van der Waals surface area contributed by atoms with E-state index in [-0.39, 0.29) is 29.2 Å². The maximum Gasteiger partial charge on any atom is 0.466 e. The molecule has 8 heteroatoms. The molecule has 0 spiro atoms. The van der Waals surface area contributed by atoms with Crippen molar-refractivity contribution < 1.29 is 34.2 Å². The first-order chi connectivity index (χ1) is 11.0. The Morgan fingerprint density at radius 1 is 1.12 bits per heavy atom. The van der Waals surface area contributed by atoms with Crippen molar-refractivity contribution in [1.29, 1.82) is 0 Å². The van der Waals surface area contributed by atoms with Crippen molar-refractivity contribution in [2.45, 2.75) is 51.1 Å². The number of carbonyl (C=O) groups is 1. The van der Waals surface area contributed by atoms with Crippen LogP contribution in [0.3, 0.4) is 0 Å². The van der Waals surface area contributed by atoms with Crippen molar-refractivity contribution in [3.05, 3.63) is 17.7 Å². The number of phenolic OH excluding ortho intramolecular Hbond substituents is 3. The predicted molar refractivity (Wildman–Crippen MR) is 86.9 cm³/mol. The molecule has 1 aromatic carbocycles. The lowest BCUT2D eigenvalue weighted by Crippen LogP contribution is -2.41. The van der Waals surface area contributed by atoms with Crippen LogP contribution in [0.5, 0.6) is 17.2 Å². The Labute approximate surface area is 141 Å². The summed E-state index contributed by atoms with van der Waals surface area (Å²) in [6, 6.07) is 2.18. The van der Waals surface area contributed by atoms with E-state index in [1.165, 1.54) is 7.11 Å². The second-order valence-corrected chi connectivity index (χ2v) is 6.91. The second-order valence-electron chi connectivity index (χ2n) is 6.91. The van der Waals surface area contributed by atoms with E-state index in [2.05, 4.69) is 0 Å². The summed E-state index contributed by atoms with van der Waals surface area (Å²) < 4.78 is 16.6. The van der Waals surface area contributed by atoms with E-state index in [9.17, 15) is 20.1 Å². The van der Waals surface area contributed by atoms with Gasteiger partial charge in [0.15, 0.2) is 0 Å². The highest BCUT2D eigenvalue weighted by Gasteiger charge is 2.55. The average Bonchev–Trinajstić information content (AvgIpc) is 2.64. The Hall–Kier alpha value is -1.93. The lowest BCUT2D eigenvalue weighted by atomic mass is 9.65. The highest BCUT2D eigenvalue weighted by atomic mass is 16.7. The van der Waals surface area contributed by atoms with Crippen LogP contribution >= 0.6 is 0 Å². The second kappa shape index (κ2) is 6.18. The first-order valence-corrected chi connectivity index (χ1v) is 7.66. The molecule has 0 radical (unpaired) electrons. The van der Waals surface area contributed by atoms with Crippen molar-refractivity contribution in [1.82, 2.24) is 0 Å². The topological polar surface area (TPSA) is 105 Å². The van der Waals surface area contributed by atoms with Crippen LogP contribution in [-0.4, -0.2) is 46.7 Å². The van der Waals surface area contributed by atoms with Gasteiger partial charge in [0.1, 0.15) is 17.2 Å². The van der Waals surface area contributed by atoms with Crippen LogP contribution in [0, 0.1) is 0 Å². The van der Waals surface area contributed by atoms with Crippen molar-refractivity contribution in [2.75, 3.05) is 7.11 Å². The van der Waals surface area contributed by atoms with E-state index >= 15 is 0 Å². The summed E-state index contributed by atoms with van der Waals surface area (Å²) >= 11 is 0. The van der Waals surface area contributed by atoms with E-state index in [1.54, 1.807) is 0 Å². The molecule has 7 nitrogen and oxygen atoms in total. The number of hydrogen-bond acceptors (Lipinski definition) is 7. The molecule has 1 unspecified atom stereocenters. The molecule has 132 valence electrons. The van der Waals surface area contributed by atoms with Gasteiger partial charge in [-0.3, -0.25) is 4.79 Å². The van der Waals surface area contributed by atoms with Gasteiger partial charge in [0.2, 0.25) is 0 Å². The fourth-order valence-electron chi connectivity index (χ4n) is 2.64. The molecule has 3 N–H and O–H groups in total. The predicted octanol–water partition coefficient (Wildman–Crippen LogP) is 2.08. The van der Waals surface area contributed by atoms with E-state index < -0.39 is 30.1 Å². The highest BCUT2D eigenvalue weighted by Crippen LogP contribution is 2.46. The number of methoxy groups -OCH3 is 1. The zero-order chi connectivity index (χ0) is 18.3. The average molecular weight is 338 g/mol. The van der Waals surface area contributed by atoms with Gasteiger partial charge in [0.25, 0.3) is 0 Å². The summed E-state index contributed by atoms with van der Waals surface area (Å²) in [7, 11) is 0.371. The minimum atomic E-state index is -0.879. The van der Waals surface area contributed by atoms with Crippen LogP contribution in [0.1, 0.15) is 45.5 Å². The molecule has 1 fully saturated rings. The molecule has 1 aromatic rings. The van der Waals surface area contributed by atoms with Crippen LogP contribution in [0.25, 0.3) is 0 Å². The van der Waals surface area contributed by atoms with Crippen LogP contribution in [0.15, 0.2) is 12.1 Å². The number of rotatable bonds is 4. The summed E-state index contributed by atoms with van der Waals surface area (Å²) in [4.78, 5) is 11.8. The van der Waals surface area contributed by atoms with E-state index in [0.29, 0.717) is 0 Å². The number of esters is 1. The quantitative estimate of drug-likeness (QED) is 0.570. The largest absolute Gasteiger partial charge is 0.508 e. The van der Waals surface area contributed by atoms with Gasteiger partial charge in [-0.05, 0) is 27.7 Å². The number of phenols is 3. The Bertz CT molecular complexity index is 602. The molecular weight excluding hydrogens is 315 g/mol. The summed E-state index contributed by atoms with van der Waals surface area (Å²) in [5.74, 6) is -2.34. The molecule has 0 bridgehead atoms. The van der Waals surface area contributed by atoms with Gasteiger partial charge in [-0.25, -0.2) is 0 Å². The minimum Gasteiger partial charge on any atom is -0.508 e. The first kappa shape index (κ1) is 18.4. The molecule has 1 atom stereocenters. The van der Waals surface area contributed by atoms with E-state index in [1.807, 2.05) is 27.7 Å². The molecule has 0 saturated carbocycles. The third kappa shape index (κ3) is 3.30. The number of aromatic hydroxyl groups is 3. The first-order valence-electron chi connectivity index (χ1n) is 7.66. The van der Waals surface area contributed by atoms with Crippen LogP contribution in [-0.2, 0) is 18.8 Å². The molecule has 1 saturated heterocycles. The maximum absolute atomic E-state index is 11.8. The van der Waals surface area contributed by atoms with Gasteiger partial charge in [0, 0.05) is 23.5 Å². The standard InChI is InChI=1S/C16H23BO7/c1-15(2)16(3,4)24-17(23-15)10(8-13(21)22-5)14-11(19)6-9(18)7-12(14)20/h6-7,10,18-20H,8H2,1-5H3. The molecule has 0 aromatic heterocycles. The summed E-state index contributed by atoms with van der Waals surface area (Å²) in [5.41, 5.74) is -1.22. The molecule has 24 heavy (non-hydrogen) atoms. The molecule has 0 aliphatic carbocycles. The molecule has 1 heterocycles. The molecule has 1 aliphatic heterocycles. The monoisotopic (exact) mass is 338 g/mol. The maximum atomic E-state index is 11.8. The third-order valence-corrected chi connectivity index (χ3v) is 4.71. The van der Waals surface area contributed by atoms with Gasteiger partial charge >= 0.3 is 13.1 Å². The highest BCUT2D eigenvalue weighted by molar-refractivity contribution is 6.48. The van der Waals surface area contributed by atoms with Crippen LogP contribution in [0.2, 0.25) is 0 Å². The summed E-state index contributed by atoms with van der Waals surface area (Å²) in [6.07, 6.45) is -0.167. The number of hydrogen-bond donors (Lipinski definition) is 3. The SMILES string of the molecule is COC(=O)CC(B1OC(C)(C)C(C)(C)O1)c1c(O)cc(O)cc1O. The minimum absolute atomic E-state index is 0.0664. The van der Waals surface area contributed by atoms with Crippen molar-refractivity contribution in [3.63, 3.8) is 0 Å². The summed E-state index contributed by atoms with van der Waals surface area (Å²) in [5, 5.41) is 29.8. The van der Waals surface area contributed by atoms with Gasteiger partial charge < -0.3 is 29.4 Å². The molecule has 0 amide bonds. The van der Waals surface area contributed by atoms with Gasteiger partial charge in [-0.15, -0.1) is 0 Å². The zero-order valence-corrected chi connectivity index (χ0v) is 14.5. The Morgan fingerprint density at radius 2 is 1.58 bits per heavy atom. The lowest BCUT2D eigenvalue weighted by Gasteiger charge is -2.32. The van der Waals surface area contributed by atoms with Gasteiger partial charge in [-0.2, -0.15) is 0 Å². The van der Waals surface area contributed by atoms with Crippen molar-refractivity contribution in [2.24, 2.45) is 0 Å². The normalized spacial score (nSPS) is 20.0. The molecule has 2 rings (SSSR count). The van der Waals surface area contributed by atoms with Gasteiger partial charge in [0.05, 0.1) is 24.7 Å². The zero-order valence-electron chi connectivity index (χ0n) is 14.5. The number of benzene rings is 1. The Balaban J connectivity index is 2.46. The van der Waals surface area contributed by atoms with Crippen LogP contribution < -0.4 is 0 Å². The smallest absolute Gasteiger partial charge is 0.466 e.